The van der Waals surface area contributed by atoms with Gasteiger partial charge < -0.3 is 19.4 Å². The van der Waals surface area contributed by atoms with Crippen molar-refractivity contribution < 1.29 is 9.47 Å². The van der Waals surface area contributed by atoms with Crippen molar-refractivity contribution in [1.29, 1.82) is 0 Å². The Morgan fingerprint density at radius 2 is 1.66 bits per heavy atom. The van der Waals surface area contributed by atoms with E-state index in [4.69, 9.17) is 14.5 Å². The van der Waals surface area contributed by atoms with Gasteiger partial charge in [-0.05, 0) is 94.7 Å². The molecule has 3 aromatic rings. The largest absolute Gasteiger partial charge is 0.493 e. The average Bonchev–Trinajstić information content (AvgIpc) is 3.33. The summed E-state index contributed by atoms with van der Waals surface area (Å²) in [5, 5.41) is 4.00. The molecule has 220 valence electrons. The van der Waals surface area contributed by atoms with Gasteiger partial charge in [0.25, 0.3) is 5.56 Å². The van der Waals surface area contributed by atoms with Crippen LogP contribution in [0.25, 0.3) is 28.6 Å². The number of ether oxygens (including phenoxy) is 2. The molecule has 0 spiro atoms. The number of benzene rings is 1. The van der Waals surface area contributed by atoms with E-state index in [-0.39, 0.29) is 16.8 Å². The number of rotatable bonds is 11. The smallest absolute Gasteiger partial charge is 0.332 e. The first kappa shape index (κ1) is 27.8. The van der Waals surface area contributed by atoms with Crippen molar-refractivity contribution in [1.82, 2.24) is 24.0 Å². The molecule has 0 amide bonds. The molecule has 4 saturated carbocycles. The third-order valence-corrected chi connectivity index (χ3v) is 9.86. The topological polar surface area (TPSA) is 92.3 Å². The van der Waals surface area contributed by atoms with Crippen LogP contribution in [0.5, 0.6) is 11.5 Å². The summed E-state index contributed by atoms with van der Waals surface area (Å²) in [6.45, 7) is 9.89. The number of aromatic nitrogens is 4. The van der Waals surface area contributed by atoms with Crippen molar-refractivity contribution in [3.63, 3.8) is 0 Å². The zero-order chi connectivity index (χ0) is 28.9. The summed E-state index contributed by atoms with van der Waals surface area (Å²) >= 11 is 0. The van der Waals surface area contributed by atoms with Crippen LogP contribution in [0.3, 0.4) is 0 Å². The molecule has 7 rings (SSSR count). The summed E-state index contributed by atoms with van der Waals surface area (Å²) in [6, 6.07) is 3.76. The Morgan fingerprint density at radius 1 is 1.00 bits per heavy atom. The van der Waals surface area contributed by atoms with Gasteiger partial charge in [-0.15, -0.1) is 0 Å². The summed E-state index contributed by atoms with van der Waals surface area (Å²) < 4.78 is 16.4. The fraction of sp³-hybridized carbons (Fsp3) is 0.594. The van der Waals surface area contributed by atoms with Gasteiger partial charge >= 0.3 is 5.69 Å². The zero-order valence-corrected chi connectivity index (χ0v) is 24.9. The van der Waals surface area contributed by atoms with Crippen LogP contribution in [-0.2, 0) is 19.6 Å². The molecule has 4 bridgehead atoms. The van der Waals surface area contributed by atoms with E-state index in [1.807, 2.05) is 30.5 Å². The van der Waals surface area contributed by atoms with Crippen LogP contribution < -0.4 is 26.0 Å². The Morgan fingerprint density at radius 3 is 2.22 bits per heavy atom. The molecule has 4 aliphatic rings. The van der Waals surface area contributed by atoms with Gasteiger partial charge in [0.1, 0.15) is 5.82 Å². The quantitative estimate of drug-likeness (QED) is 0.342. The standard InChI is InChI=1S/C32H43N5O4/c1-6-23-10-11-24(40-4)27(41-5)25(23)28-34-29-26(30(38)36(8-3)31(39)35(29)7-2)37(28)13-9-12-33-32-17-20-14-21(18-32)16-22(15-20)19-32/h6,10-11,20-22,33H,1,7-9,12-19H2,2-5H3. The third-order valence-electron chi connectivity index (χ3n) is 9.86. The van der Waals surface area contributed by atoms with Crippen molar-refractivity contribution in [2.24, 2.45) is 17.8 Å². The minimum atomic E-state index is -0.339. The zero-order valence-electron chi connectivity index (χ0n) is 24.9. The summed E-state index contributed by atoms with van der Waals surface area (Å²) in [5.41, 5.74) is 1.98. The maximum Gasteiger partial charge on any atom is 0.332 e. The van der Waals surface area contributed by atoms with Crippen molar-refractivity contribution >= 4 is 17.2 Å². The molecule has 0 saturated heterocycles. The van der Waals surface area contributed by atoms with Crippen LogP contribution in [0.4, 0.5) is 0 Å². The molecule has 41 heavy (non-hydrogen) atoms. The summed E-state index contributed by atoms with van der Waals surface area (Å²) in [7, 11) is 3.20. The van der Waals surface area contributed by atoms with Gasteiger partial charge in [-0.2, -0.15) is 0 Å². The van der Waals surface area contributed by atoms with E-state index in [0.717, 1.165) is 36.3 Å². The number of imidazole rings is 1. The van der Waals surface area contributed by atoms with Crippen LogP contribution in [0.15, 0.2) is 28.3 Å². The number of nitrogens with zero attached hydrogens (tertiary/aromatic N) is 4. The number of nitrogens with one attached hydrogen (secondary N) is 1. The first-order chi connectivity index (χ1) is 19.9. The lowest BCUT2D eigenvalue weighted by molar-refractivity contribution is -0.0196. The third kappa shape index (κ3) is 4.53. The number of methoxy groups -OCH3 is 2. The fourth-order valence-corrected chi connectivity index (χ4v) is 8.52. The van der Waals surface area contributed by atoms with Gasteiger partial charge in [-0.3, -0.25) is 13.9 Å². The Balaban J connectivity index is 1.43. The molecule has 2 aromatic heterocycles. The van der Waals surface area contributed by atoms with Gasteiger partial charge in [-0.1, -0.05) is 18.7 Å². The average molecular weight is 562 g/mol. The molecule has 0 atom stereocenters. The van der Waals surface area contributed by atoms with Crippen molar-refractivity contribution in [2.45, 2.75) is 84.0 Å². The predicted molar refractivity (Wildman–Crippen MR) is 162 cm³/mol. The molecule has 2 heterocycles. The minimum Gasteiger partial charge on any atom is -0.493 e. The first-order valence-corrected chi connectivity index (χ1v) is 15.2. The van der Waals surface area contributed by atoms with Gasteiger partial charge in [0.05, 0.1) is 19.8 Å². The number of aryl methyl sites for hydroxylation is 2. The molecule has 0 aliphatic heterocycles. The van der Waals surface area contributed by atoms with E-state index in [1.54, 1.807) is 24.9 Å². The highest BCUT2D eigenvalue weighted by molar-refractivity contribution is 5.85. The van der Waals surface area contributed by atoms with Crippen LogP contribution in [0.1, 0.15) is 64.4 Å². The lowest BCUT2D eigenvalue weighted by atomic mass is 9.53. The fourth-order valence-electron chi connectivity index (χ4n) is 8.52. The second-order valence-electron chi connectivity index (χ2n) is 12.3. The normalized spacial score (nSPS) is 24.7. The van der Waals surface area contributed by atoms with E-state index in [2.05, 4.69) is 11.9 Å². The summed E-state index contributed by atoms with van der Waals surface area (Å²) in [4.78, 5) is 32.0. The monoisotopic (exact) mass is 561 g/mol. The van der Waals surface area contributed by atoms with E-state index in [0.29, 0.717) is 53.7 Å². The van der Waals surface area contributed by atoms with Gasteiger partial charge in [0, 0.05) is 25.2 Å². The summed E-state index contributed by atoms with van der Waals surface area (Å²) in [6.07, 6.45) is 10.7. The van der Waals surface area contributed by atoms with Crippen LogP contribution in [0, 0.1) is 17.8 Å². The second kappa shape index (κ2) is 10.8. The lowest BCUT2D eigenvalue weighted by Crippen LogP contribution is -2.58. The van der Waals surface area contributed by atoms with Crippen molar-refractivity contribution in [2.75, 3.05) is 20.8 Å². The first-order valence-electron chi connectivity index (χ1n) is 15.2. The van der Waals surface area contributed by atoms with E-state index in [1.165, 1.54) is 43.1 Å². The number of hydrogen-bond acceptors (Lipinski definition) is 6. The van der Waals surface area contributed by atoms with Crippen LogP contribution >= 0.6 is 0 Å². The molecule has 4 fully saturated rings. The van der Waals surface area contributed by atoms with Crippen molar-refractivity contribution in [3.8, 4) is 22.9 Å². The minimum absolute atomic E-state index is 0.276. The van der Waals surface area contributed by atoms with E-state index >= 15 is 0 Å². The van der Waals surface area contributed by atoms with Gasteiger partial charge in [-0.25, -0.2) is 9.78 Å². The van der Waals surface area contributed by atoms with Crippen LogP contribution in [0.2, 0.25) is 0 Å². The Bertz CT molecular complexity index is 1560. The maximum absolute atomic E-state index is 13.8. The lowest BCUT2D eigenvalue weighted by Gasteiger charge is -2.57. The van der Waals surface area contributed by atoms with Crippen LogP contribution in [-0.4, -0.2) is 45.0 Å². The molecular formula is C32H43N5O4. The number of hydrogen-bond donors (Lipinski definition) is 1. The highest BCUT2D eigenvalue weighted by Gasteiger charge is 2.50. The second-order valence-corrected chi connectivity index (χ2v) is 12.3. The molecule has 9 nitrogen and oxygen atoms in total. The van der Waals surface area contributed by atoms with E-state index < -0.39 is 0 Å². The highest BCUT2D eigenvalue weighted by Crippen LogP contribution is 2.55. The Kier molecular flexibility index (Phi) is 7.34. The molecule has 9 heteroatoms. The predicted octanol–water partition coefficient (Wildman–Crippen LogP) is 4.68. The maximum atomic E-state index is 13.8. The molecule has 4 aliphatic carbocycles. The van der Waals surface area contributed by atoms with E-state index in [9.17, 15) is 9.59 Å². The van der Waals surface area contributed by atoms with Crippen molar-refractivity contribution in [3.05, 3.63) is 45.1 Å². The molecule has 1 N–H and O–H groups in total. The molecule has 0 radical (unpaired) electrons. The molecular weight excluding hydrogens is 518 g/mol. The molecule has 0 unspecified atom stereocenters. The highest BCUT2D eigenvalue weighted by atomic mass is 16.5. The number of fused-ring (bicyclic) bond motifs is 1. The molecule has 1 aromatic carbocycles. The van der Waals surface area contributed by atoms with Gasteiger partial charge in [0.2, 0.25) is 0 Å². The van der Waals surface area contributed by atoms with Gasteiger partial charge in [0.15, 0.2) is 22.7 Å². The summed E-state index contributed by atoms with van der Waals surface area (Å²) in [5.74, 6) is 4.31. The Hall–Kier alpha value is -3.33. The SMILES string of the molecule is C=Cc1ccc(OC)c(OC)c1-c1nc2c(c(=O)n(CC)c(=O)n2CC)n1CCCNC12CC3CC(CC(C3)C1)C2. The Labute approximate surface area is 241 Å².